The van der Waals surface area contributed by atoms with Gasteiger partial charge >= 0.3 is 0 Å². The molecule has 4 heteroatoms. The molecule has 128 valence electrons. The Hall–Kier alpha value is -1.75. The molecule has 3 rings (SSSR count). The number of likely N-dealkylation sites (N-methyl/N-ethyl adjacent to an activating group) is 1. The molecule has 1 fully saturated rings. The van der Waals surface area contributed by atoms with Crippen LogP contribution in [-0.4, -0.2) is 49.4 Å². The second kappa shape index (κ2) is 8.92. The van der Waals surface area contributed by atoms with E-state index in [0.717, 1.165) is 31.7 Å². The summed E-state index contributed by atoms with van der Waals surface area (Å²) >= 11 is 0. The number of pyridine rings is 1. The molecule has 0 radical (unpaired) electrons. The molecule has 1 saturated heterocycles. The van der Waals surface area contributed by atoms with E-state index in [4.69, 9.17) is 9.47 Å². The molecule has 4 nitrogen and oxygen atoms in total. The average Bonchev–Trinajstić information content (AvgIpc) is 3.14. The Balaban J connectivity index is 1.60. The second-order valence-corrected chi connectivity index (χ2v) is 6.26. The van der Waals surface area contributed by atoms with Crippen LogP contribution in [0.2, 0.25) is 0 Å². The van der Waals surface area contributed by atoms with E-state index >= 15 is 0 Å². The molecular formula is C20H26N2O2. The fraction of sp³-hybridized carbons (Fsp3) is 0.450. The minimum atomic E-state index is 0.138. The monoisotopic (exact) mass is 326 g/mol. The number of hydrogen-bond donors (Lipinski definition) is 0. The summed E-state index contributed by atoms with van der Waals surface area (Å²) in [6.07, 6.45) is 4.42. The summed E-state index contributed by atoms with van der Waals surface area (Å²) < 4.78 is 11.4. The Morgan fingerprint density at radius 1 is 1.21 bits per heavy atom. The molecule has 0 unspecified atom stereocenters. The standard InChI is InChI=1S/C20H26N2O2/c1-22(13-15-23-16-18-10-7-14-24-18)20(17-8-3-2-4-9-17)19-11-5-6-12-21-19/h2-6,8-9,11-12,18,20H,7,10,13-16H2,1H3/t18-,20+/m1/s1. The van der Waals surface area contributed by atoms with E-state index in [9.17, 15) is 0 Å². The van der Waals surface area contributed by atoms with E-state index in [2.05, 4.69) is 47.3 Å². The van der Waals surface area contributed by atoms with E-state index in [-0.39, 0.29) is 12.1 Å². The summed E-state index contributed by atoms with van der Waals surface area (Å²) in [5.74, 6) is 0. The van der Waals surface area contributed by atoms with Crippen molar-refractivity contribution in [2.45, 2.75) is 25.0 Å². The average molecular weight is 326 g/mol. The molecule has 0 saturated carbocycles. The van der Waals surface area contributed by atoms with Crippen LogP contribution in [0.1, 0.15) is 30.1 Å². The molecule has 0 N–H and O–H groups in total. The van der Waals surface area contributed by atoms with Crippen molar-refractivity contribution in [3.8, 4) is 0 Å². The number of benzene rings is 1. The third kappa shape index (κ3) is 4.63. The van der Waals surface area contributed by atoms with Gasteiger partial charge in [-0.25, -0.2) is 0 Å². The Kier molecular flexibility index (Phi) is 6.35. The molecule has 0 bridgehead atoms. The Bertz CT molecular complexity index is 546. The van der Waals surface area contributed by atoms with Gasteiger partial charge in [0.25, 0.3) is 0 Å². The van der Waals surface area contributed by atoms with Gasteiger partial charge in [0.15, 0.2) is 0 Å². The molecule has 2 atom stereocenters. The first-order chi connectivity index (χ1) is 11.8. The first-order valence-corrected chi connectivity index (χ1v) is 8.70. The van der Waals surface area contributed by atoms with E-state index in [0.29, 0.717) is 13.2 Å². The van der Waals surface area contributed by atoms with E-state index in [1.807, 2.05) is 24.4 Å². The lowest BCUT2D eigenvalue weighted by atomic mass is 10.0. The first kappa shape index (κ1) is 17.1. The van der Waals surface area contributed by atoms with Gasteiger partial charge < -0.3 is 9.47 Å². The Morgan fingerprint density at radius 3 is 2.75 bits per heavy atom. The number of aromatic nitrogens is 1. The number of rotatable bonds is 8. The molecular weight excluding hydrogens is 300 g/mol. The van der Waals surface area contributed by atoms with Crippen LogP contribution >= 0.6 is 0 Å². The van der Waals surface area contributed by atoms with Gasteiger partial charge in [-0.05, 0) is 37.6 Å². The van der Waals surface area contributed by atoms with E-state index in [1.54, 1.807) is 0 Å². The van der Waals surface area contributed by atoms with E-state index in [1.165, 1.54) is 5.56 Å². The third-order valence-electron chi connectivity index (χ3n) is 4.44. The number of ether oxygens (including phenoxy) is 2. The lowest BCUT2D eigenvalue weighted by molar-refractivity contribution is 0.0103. The molecule has 1 aliphatic rings. The molecule has 2 aromatic rings. The third-order valence-corrected chi connectivity index (χ3v) is 4.44. The van der Waals surface area contributed by atoms with Crippen LogP contribution in [0.3, 0.4) is 0 Å². The SMILES string of the molecule is CN(CCOC[C@H]1CCCO1)[C@@H](c1ccccc1)c1ccccn1. The van der Waals surface area contributed by atoms with Gasteiger partial charge in [-0.15, -0.1) is 0 Å². The highest BCUT2D eigenvalue weighted by molar-refractivity contribution is 5.27. The molecule has 0 amide bonds. The van der Waals surface area contributed by atoms with Crippen LogP contribution in [0, 0.1) is 0 Å². The van der Waals surface area contributed by atoms with Gasteiger partial charge in [0.2, 0.25) is 0 Å². The topological polar surface area (TPSA) is 34.6 Å². The Labute approximate surface area is 144 Å². The van der Waals surface area contributed by atoms with Crippen LogP contribution in [0.5, 0.6) is 0 Å². The van der Waals surface area contributed by atoms with Crippen molar-refractivity contribution in [3.63, 3.8) is 0 Å². The van der Waals surface area contributed by atoms with Crippen molar-refractivity contribution in [3.05, 3.63) is 66.0 Å². The molecule has 1 aromatic carbocycles. The highest BCUT2D eigenvalue weighted by atomic mass is 16.5. The van der Waals surface area contributed by atoms with Crippen LogP contribution in [0.25, 0.3) is 0 Å². The fourth-order valence-electron chi connectivity index (χ4n) is 3.15. The Morgan fingerprint density at radius 2 is 2.04 bits per heavy atom. The lowest BCUT2D eigenvalue weighted by Gasteiger charge is -2.28. The summed E-state index contributed by atoms with van der Waals surface area (Å²) in [4.78, 5) is 6.86. The minimum absolute atomic E-state index is 0.138. The van der Waals surface area contributed by atoms with Crippen LogP contribution in [0.4, 0.5) is 0 Å². The summed E-state index contributed by atoms with van der Waals surface area (Å²) in [5, 5.41) is 0. The maximum atomic E-state index is 5.82. The molecule has 0 aliphatic carbocycles. The maximum Gasteiger partial charge on any atom is 0.0809 e. The normalized spacial score (nSPS) is 18.8. The first-order valence-electron chi connectivity index (χ1n) is 8.70. The highest BCUT2D eigenvalue weighted by Crippen LogP contribution is 2.25. The van der Waals surface area contributed by atoms with Crippen molar-refractivity contribution >= 4 is 0 Å². The van der Waals surface area contributed by atoms with Gasteiger partial charge in [-0.3, -0.25) is 9.88 Å². The smallest absolute Gasteiger partial charge is 0.0809 e. The molecule has 2 heterocycles. The van der Waals surface area contributed by atoms with Crippen molar-refractivity contribution in [1.82, 2.24) is 9.88 Å². The molecule has 1 aromatic heterocycles. The van der Waals surface area contributed by atoms with Gasteiger partial charge in [-0.1, -0.05) is 36.4 Å². The quantitative estimate of drug-likeness (QED) is 0.697. The van der Waals surface area contributed by atoms with Gasteiger partial charge in [0.1, 0.15) is 0 Å². The lowest BCUT2D eigenvalue weighted by Crippen LogP contribution is -2.30. The fourth-order valence-corrected chi connectivity index (χ4v) is 3.15. The van der Waals surface area contributed by atoms with Gasteiger partial charge in [0.05, 0.1) is 31.1 Å². The van der Waals surface area contributed by atoms with Crippen LogP contribution in [0.15, 0.2) is 54.7 Å². The van der Waals surface area contributed by atoms with Crippen LogP contribution in [-0.2, 0) is 9.47 Å². The van der Waals surface area contributed by atoms with Crippen molar-refractivity contribution in [2.75, 3.05) is 33.4 Å². The van der Waals surface area contributed by atoms with E-state index < -0.39 is 0 Å². The minimum Gasteiger partial charge on any atom is -0.377 e. The second-order valence-electron chi connectivity index (χ2n) is 6.26. The summed E-state index contributed by atoms with van der Waals surface area (Å²) in [5.41, 5.74) is 2.31. The van der Waals surface area contributed by atoms with Crippen molar-refractivity contribution < 1.29 is 9.47 Å². The molecule has 0 spiro atoms. The summed E-state index contributed by atoms with van der Waals surface area (Å²) in [7, 11) is 2.13. The largest absolute Gasteiger partial charge is 0.377 e. The number of nitrogens with zero attached hydrogens (tertiary/aromatic N) is 2. The van der Waals surface area contributed by atoms with Crippen molar-refractivity contribution in [1.29, 1.82) is 0 Å². The molecule has 24 heavy (non-hydrogen) atoms. The zero-order valence-corrected chi connectivity index (χ0v) is 14.3. The van der Waals surface area contributed by atoms with Crippen molar-refractivity contribution in [2.24, 2.45) is 0 Å². The van der Waals surface area contributed by atoms with Gasteiger partial charge in [-0.2, -0.15) is 0 Å². The summed E-state index contributed by atoms with van der Waals surface area (Å²) in [6.45, 7) is 3.13. The zero-order chi connectivity index (χ0) is 16.6. The number of hydrogen-bond acceptors (Lipinski definition) is 4. The zero-order valence-electron chi connectivity index (χ0n) is 14.3. The summed E-state index contributed by atoms with van der Waals surface area (Å²) in [6, 6.07) is 16.7. The predicted octanol–water partition coefficient (Wildman–Crippen LogP) is 3.30. The maximum absolute atomic E-state index is 5.82. The predicted molar refractivity (Wildman–Crippen MR) is 94.9 cm³/mol. The highest BCUT2D eigenvalue weighted by Gasteiger charge is 2.20. The van der Waals surface area contributed by atoms with Crippen LogP contribution < -0.4 is 0 Å². The molecule has 1 aliphatic heterocycles. The van der Waals surface area contributed by atoms with Gasteiger partial charge in [0, 0.05) is 19.3 Å².